The third-order valence-corrected chi connectivity index (χ3v) is 3.95. The minimum Gasteiger partial charge on any atom is -0.368 e. The Bertz CT molecular complexity index is 511. The molecule has 0 bridgehead atoms. The van der Waals surface area contributed by atoms with E-state index < -0.39 is 0 Å². The van der Waals surface area contributed by atoms with Crippen LogP contribution in [0, 0.1) is 0 Å². The zero-order valence-corrected chi connectivity index (χ0v) is 14.0. The summed E-state index contributed by atoms with van der Waals surface area (Å²) in [5.74, 6) is -0.276. The number of benzene rings is 1. The molecule has 1 aliphatic rings. The topological polar surface area (TPSA) is 55.9 Å². The van der Waals surface area contributed by atoms with Gasteiger partial charge in [-0.3, -0.25) is 9.59 Å². The molecule has 0 aromatic heterocycles. The minimum atomic E-state index is -0.192. The van der Waals surface area contributed by atoms with Gasteiger partial charge >= 0.3 is 0 Å². The third kappa shape index (κ3) is 5.56. The Morgan fingerprint density at radius 1 is 1.09 bits per heavy atom. The number of likely N-dealkylation sites (N-methyl/N-ethyl adjacent to an activating group) is 1. The summed E-state index contributed by atoms with van der Waals surface area (Å²) in [6.07, 6.45) is -0.0568. The van der Waals surface area contributed by atoms with Crippen LogP contribution >= 0.6 is 0 Å². The van der Waals surface area contributed by atoms with Crippen molar-refractivity contribution in [1.29, 1.82) is 0 Å². The number of anilines is 1. The van der Waals surface area contributed by atoms with E-state index in [-0.39, 0.29) is 18.2 Å². The van der Waals surface area contributed by atoms with Crippen molar-refractivity contribution in [3.63, 3.8) is 0 Å². The van der Waals surface area contributed by atoms with Crippen LogP contribution in [0.5, 0.6) is 0 Å². The van der Waals surface area contributed by atoms with Crippen LogP contribution in [0.1, 0.15) is 6.42 Å². The second kappa shape index (κ2) is 8.53. The molecule has 126 valence electrons. The number of rotatable bonds is 6. The molecule has 0 saturated carbocycles. The van der Waals surface area contributed by atoms with E-state index in [4.69, 9.17) is 0 Å². The first-order valence-electron chi connectivity index (χ1n) is 8.05. The van der Waals surface area contributed by atoms with E-state index in [9.17, 15) is 9.59 Å². The highest BCUT2D eigenvalue weighted by atomic mass is 16.2. The van der Waals surface area contributed by atoms with Crippen LogP contribution in [-0.4, -0.2) is 75.0 Å². The first-order valence-corrected chi connectivity index (χ1v) is 8.05. The molecule has 0 radical (unpaired) electrons. The molecule has 1 aromatic carbocycles. The van der Waals surface area contributed by atoms with Crippen LogP contribution in [0.15, 0.2) is 30.3 Å². The lowest BCUT2D eigenvalue weighted by Crippen LogP contribution is -2.49. The van der Waals surface area contributed by atoms with Crippen molar-refractivity contribution >= 4 is 17.5 Å². The van der Waals surface area contributed by atoms with Crippen molar-refractivity contribution in [1.82, 2.24) is 15.1 Å². The van der Waals surface area contributed by atoms with Gasteiger partial charge in [0.2, 0.25) is 11.8 Å². The van der Waals surface area contributed by atoms with Crippen LogP contribution in [-0.2, 0) is 9.59 Å². The van der Waals surface area contributed by atoms with E-state index in [0.717, 1.165) is 19.6 Å². The molecule has 1 aromatic rings. The number of amides is 2. The van der Waals surface area contributed by atoms with E-state index in [0.29, 0.717) is 19.6 Å². The summed E-state index contributed by atoms with van der Waals surface area (Å²) >= 11 is 0. The molecule has 0 unspecified atom stereocenters. The van der Waals surface area contributed by atoms with Crippen molar-refractivity contribution in [3.8, 4) is 0 Å². The van der Waals surface area contributed by atoms with Gasteiger partial charge in [0, 0.05) is 45.0 Å². The standard InChI is InChI=1S/C17H26N4O2/c1-19(2)9-8-18-16(22)14-17(23)21-12-10-20(11-13-21)15-6-4-3-5-7-15/h3-7H,8-14H2,1-2H3,(H,18,22). The number of nitrogens with zero attached hydrogens (tertiary/aromatic N) is 3. The summed E-state index contributed by atoms with van der Waals surface area (Å²) in [7, 11) is 3.90. The smallest absolute Gasteiger partial charge is 0.232 e. The fourth-order valence-electron chi connectivity index (χ4n) is 2.58. The van der Waals surface area contributed by atoms with E-state index in [2.05, 4.69) is 22.3 Å². The molecule has 0 atom stereocenters. The first kappa shape index (κ1) is 17.3. The fourth-order valence-corrected chi connectivity index (χ4v) is 2.58. The highest BCUT2D eigenvalue weighted by molar-refractivity contribution is 5.96. The Balaban J connectivity index is 1.72. The van der Waals surface area contributed by atoms with Gasteiger partial charge in [0.05, 0.1) is 0 Å². The van der Waals surface area contributed by atoms with Crippen molar-refractivity contribution in [2.45, 2.75) is 6.42 Å². The predicted octanol–water partition coefficient (Wildman–Crippen LogP) is 0.403. The molecular formula is C17H26N4O2. The van der Waals surface area contributed by atoms with Gasteiger partial charge in [-0.2, -0.15) is 0 Å². The number of piperazine rings is 1. The Morgan fingerprint density at radius 3 is 2.35 bits per heavy atom. The molecule has 6 nitrogen and oxygen atoms in total. The van der Waals surface area contributed by atoms with Gasteiger partial charge < -0.3 is 20.0 Å². The van der Waals surface area contributed by atoms with Gasteiger partial charge in [-0.15, -0.1) is 0 Å². The molecule has 6 heteroatoms. The molecule has 1 N–H and O–H groups in total. The average molecular weight is 318 g/mol. The molecule has 1 heterocycles. The van der Waals surface area contributed by atoms with Gasteiger partial charge in [0.1, 0.15) is 6.42 Å². The molecule has 0 spiro atoms. The second-order valence-corrected chi connectivity index (χ2v) is 6.03. The number of carbonyl (C=O) groups is 2. The maximum Gasteiger partial charge on any atom is 0.232 e. The Morgan fingerprint density at radius 2 is 1.74 bits per heavy atom. The van der Waals surface area contributed by atoms with Crippen LogP contribution in [0.3, 0.4) is 0 Å². The number of para-hydroxylation sites is 1. The van der Waals surface area contributed by atoms with E-state index >= 15 is 0 Å². The summed E-state index contributed by atoms with van der Waals surface area (Å²) in [6.45, 7) is 4.28. The lowest BCUT2D eigenvalue weighted by atomic mass is 10.2. The zero-order valence-electron chi connectivity index (χ0n) is 14.0. The molecule has 1 saturated heterocycles. The third-order valence-electron chi connectivity index (χ3n) is 3.95. The van der Waals surface area contributed by atoms with Crippen LogP contribution in [0.2, 0.25) is 0 Å². The maximum absolute atomic E-state index is 12.2. The monoisotopic (exact) mass is 318 g/mol. The number of nitrogens with one attached hydrogen (secondary N) is 1. The van der Waals surface area contributed by atoms with Crippen LogP contribution < -0.4 is 10.2 Å². The molecule has 0 aliphatic carbocycles. The summed E-state index contributed by atoms with van der Waals surface area (Å²) in [5.41, 5.74) is 1.18. The van der Waals surface area contributed by atoms with Crippen LogP contribution in [0.4, 0.5) is 5.69 Å². The first-order chi connectivity index (χ1) is 11.1. The normalized spacial score (nSPS) is 14.9. The van der Waals surface area contributed by atoms with Crippen molar-refractivity contribution in [2.24, 2.45) is 0 Å². The van der Waals surface area contributed by atoms with Crippen LogP contribution in [0.25, 0.3) is 0 Å². The predicted molar refractivity (Wildman–Crippen MR) is 91.4 cm³/mol. The zero-order chi connectivity index (χ0) is 16.7. The van der Waals surface area contributed by atoms with Gasteiger partial charge in [-0.1, -0.05) is 18.2 Å². The Labute approximate surface area is 138 Å². The van der Waals surface area contributed by atoms with E-state index in [1.54, 1.807) is 4.90 Å². The number of hydrogen-bond donors (Lipinski definition) is 1. The lowest BCUT2D eigenvalue weighted by Gasteiger charge is -2.36. The quantitative estimate of drug-likeness (QED) is 0.772. The largest absolute Gasteiger partial charge is 0.368 e. The van der Waals surface area contributed by atoms with Crippen molar-refractivity contribution < 1.29 is 9.59 Å². The number of hydrogen-bond acceptors (Lipinski definition) is 4. The van der Waals surface area contributed by atoms with Gasteiger partial charge in [-0.05, 0) is 26.2 Å². The molecule has 1 aliphatic heterocycles. The molecule has 2 amide bonds. The summed E-state index contributed by atoms with van der Waals surface area (Å²) in [6, 6.07) is 10.2. The molecule has 1 fully saturated rings. The summed E-state index contributed by atoms with van der Waals surface area (Å²) < 4.78 is 0. The fraction of sp³-hybridized carbons (Fsp3) is 0.529. The molecule has 23 heavy (non-hydrogen) atoms. The van der Waals surface area contributed by atoms with E-state index in [1.807, 2.05) is 37.2 Å². The number of carbonyl (C=O) groups excluding carboxylic acids is 2. The minimum absolute atomic E-state index is 0.0568. The van der Waals surface area contributed by atoms with E-state index in [1.165, 1.54) is 5.69 Å². The average Bonchev–Trinajstić information content (AvgIpc) is 2.55. The van der Waals surface area contributed by atoms with Gasteiger partial charge in [0.15, 0.2) is 0 Å². The summed E-state index contributed by atoms with van der Waals surface area (Å²) in [4.78, 5) is 30.0. The van der Waals surface area contributed by atoms with Crippen molar-refractivity contribution in [2.75, 3.05) is 58.3 Å². The van der Waals surface area contributed by atoms with Gasteiger partial charge in [0.25, 0.3) is 0 Å². The SMILES string of the molecule is CN(C)CCNC(=O)CC(=O)N1CCN(c2ccccc2)CC1. The lowest BCUT2D eigenvalue weighted by molar-refractivity contribution is -0.136. The van der Waals surface area contributed by atoms with Crippen molar-refractivity contribution in [3.05, 3.63) is 30.3 Å². The molecular weight excluding hydrogens is 292 g/mol. The van der Waals surface area contributed by atoms with Gasteiger partial charge in [-0.25, -0.2) is 0 Å². The second-order valence-electron chi connectivity index (χ2n) is 6.03. The highest BCUT2D eigenvalue weighted by Gasteiger charge is 2.22. The maximum atomic E-state index is 12.2. The molecule has 2 rings (SSSR count). The Kier molecular flexibility index (Phi) is 6.40. The Hall–Kier alpha value is -2.08. The summed E-state index contributed by atoms with van der Waals surface area (Å²) in [5, 5.41) is 2.78. The highest BCUT2D eigenvalue weighted by Crippen LogP contribution is 2.15.